The van der Waals surface area contributed by atoms with E-state index in [0.717, 1.165) is 18.5 Å². The molecule has 1 aromatic heterocycles. The Morgan fingerprint density at radius 3 is 2.65 bits per heavy atom. The van der Waals surface area contributed by atoms with Gasteiger partial charge in [-0.05, 0) is 25.0 Å². The van der Waals surface area contributed by atoms with Crippen LogP contribution in [0.5, 0.6) is 0 Å². The van der Waals surface area contributed by atoms with Crippen LogP contribution in [0.1, 0.15) is 37.8 Å². The molecular formula is C13H16N4. The Morgan fingerprint density at radius 2 is 1.94 bits per heavy atom. The molecule has 0 amide bonds. The van der Waals surface area contributed by atoms with Gasteiger partial charge in [0.15, 0.2) is 5.84 Å². The molecule has 1 aliphatic heterocycles. The Balaban J connectivity index is 1.96. The number of nitrogens with two attached hydrogens (primary N) is 1. The molecule has 3 rings (SSSR count). The number of hydrogen-bond acceptors (Lipinski definition) is 4. The van der Waals surface area contributed by atoms with E-state index < -0.39 is 0 Å². The molecule has 1 fully saturated rings. The van der Waals surface area contributed by atoms with E-state index >= 15 is 0 Å². The highest BCUT2D eigenvalue weighted by molar-refractivity contribution is 6.12. The van der Waals surface area contributed by atoms with E-state index in [9.17, 15) is 0 Å². The average molecular weight is 228 g/mol. The monoisotopic (exact) mass is 228 g/mol. The highest BCUT2D eigenvalue weighted by atomic mass is 15.1. The second kappa shape index (κ2) is 3.95. The van der Waals surface area contributed by atoms with Gasteiger partial charge in [0.2, 0.25) is 0 Å². The summed E-state index contributed by atoms with van der Waals surface area (Å²) in [5, 5.41) is 0. The first-order valence-electron chi connectivity index (χ1n) is 6.16. The molecule has 0 radical (unpaired) electrons. The summed E-state index contributed by atoms with van der Waals surface area (Å²) >= 11 is 0. The van der Waals surface area contributed by atoms with E-state index in [-0.39, 0.29) is 5.54 Å². The third-order valence-corrected chi connectivity index (χ3v) is 3.60. The van der Waals surface area contributed by atoms with Crippen molar-refractivity contribution in [2.45, 2.75) is 37.6 Å². The van der Waals surface area contributed by atoms with Gasteiger partial charge in [0.25, 0.3) is 0 Å². The number of amidine groups is 2. The molecule has 4 nitrogen and oxygen atoms in total. The summed E-state index contributed by atoms with van der Waals surface area (Å²) in [5.74, 6) is 1.38. The minimum absolute atomic E-state index is 0.217. The summed E-state index contributed by atoms with van der Waals surface area (Å²) < 4.78 is 0. The summed E-state index contributed by atoms with van der Waals surface area (Å²) in [4.78, 5) is 13.5. The minimum Gasteiger partial charge on any atom is -0.385 e. The number of rotatable bonds is 1. The third kappa shape index (κ3) is 1.73. The molecule has 1 aliphatic carbocycles. The van der Waals surface area contributed by atoms with Gasteiger partial charge in [-0.15, -0.1) is 0 Å². The summed E-state index contributed by atoms with van der Waals surface area (Å²) in [6.45, 7) is 0. The zero-order valence-corrected chi connectivity index (χ0v) is 9.76. The van der Waals surface area contributed by atoms with Crippen LogP contribution in [0.3, 0.4) is 0 Å². The van der Waals surface area contributed by atoms with Crippen LogP contribution in [0.25, 0.3) is 0 Å². The van der Waals surface area contributed by atoms with Crippen LogP contribution in [-0.2, 0) is 0 Å². The number of aromatic nitrogens is 1. The lowest BCUT2D eigenvalue weighted by atomic mass is 9.82. The van der Waals surface area contributed by atoms with Crippen molar-refractivity contribution in [2.75, 3.05) is 0 Å². The minimum atomic E-state index is -0.217. The fourth-order valence-electron chi connectivity index (χ4n) is 2.62. The molecule has 17 heavy (non-hydrogen) atoms. The van der Waals surface area contributed by atoms with Crippen molar-refractivity contribution >= 4 is 11.7 Å². The lowest BCUT2D eigenvalue weighted by Crippen LogP contribution is -2.41. The Kier molecular flexibility index (Phi) is 2.42. The zero-order chi connectivity index (χ0) is 11.7. The fraction of sp³-hybridized carbons (Fsp3) is 0.462. The van der Waals surface area contributed by atoms with Gasteiger partial charge in [-0.1, -0.05) is 25.3 Å². The van der Waals surface area contributed by atoms with Crippen LogP contribution in [-0.4, -0.2) is 22.2 Å². The Morgan fingerprint density at radius 1 is 1.12 bits per heavy atom. The van der Waals surface area contributed by atoms with Crippen LogP contribution >= 0.6 is 0 Å². The molecule has 0 bridgehead atoms. The van der Waals surface area contributed by atoms with E-state index in [2.05, 4.69) is 9.98 Å². The van der Waals surface area contributed by atoms with E-state index in [1.165, 1.54) is 19.3 Å². The normalized spacial score (nSPS) is 22.4. The molecule has 2 N–H and O–H groups in total. The largest absolute Gasteiger partial charge is 0.385 e. The number of hydrogen-bond donors (Lipinski definition) is 1. The summed E-state index contributed by atoms with van der Waals surface area (Å²) in [5.41, 5.74) is 6.68. The van der Waals surface area contributed by atoms with Crippen molar-refractivity contribution in [1.82, 2.24) is 4.98 Å². The van der Waals surface area contributed by atoms with Gasteiger partial charge >= 0.3 is 0 Å². The van der Waals surface area contributed by atoms with Crippen molar-refractivity contribution in [1.29, 1.82) is 0 Å². The van der Waals surface area contributed by atoms with Gasteiger partial charge in [0, 0.05) is 6.20 Å². The quantitative estimate of drug-likeness (QED) is 0.798. The van der Waals surface area contributed by atoms with Crippen LogP contribution in [0.15, 0.2) is 34.4 Å². The lowest BCUT2D eigenvalue weighted by Gasteiger charge is -2.29. The van der Waals surface area contributed by atoms with Gasteiger partial charge in [-0.2, -0.15) is 0 Å². The molecule has 1 aromatic rings. The van der Waals surface area contributed by atoms with Crippen LogP contribution in [0.4, 0.5) is 0 Å². The highest BCUT2D eigenvalue weighted by Crippen LogP contribution is 2.35. The van der Waals surface area contributed by atoms with Gasteiger partial charge in [0.05, 0.1) is 0 Å². The Labute approximate surface area is 101 Å². The molecule has 0 unspecified atom stereocenters. The second-order valence-corrected chi connectivity index (χ2v) is 4.74. The maximum absolute atomic E-state index is 6.08. The molecular weight excluding hydrogens is 212 g/mol. The number of aliphatic imine (C=N–C) groups is 2. The first kappa shape index (κ1) is 10.4. The van der Waals surface area contributed by atoms with Crippen LogP contribution in [0.2, 0.25) is 0 Å². The van der Waals surface area contributed by atoms with Crippen LogP contribution in [0, 0.1) is 0 Å². The van der Waals surface area contributed by atoms with Crippen molar-refractivity contribution < 1.29 is 0 Å². The molecule has 4 heteroatoms. The Hall–Kier alpha value is -1.71. The van der Waals surface area contributed by atoms with Crippen LogP contribution < -0.4 is 5.73 Å². The summed E-state index contributed by atoms with van der Waals surface area (Å²) in [7, 11) is 0. The molecule has 2 aliphatic rings. The predicted octanol–water partition coefficient (Wildman–Crippen LogP) is 1.90. The molecule has 88 valence electrons. The fourth-order valence-corrected chi connectivity index (χ4v) is 2.62. The van der Waals surface area contributed by atoms with Gasteiger partial charge in [-0.3, -0.25) is 4.98 Å². The third-order valence-electron chi connectivity index (χ3n) is 3.60. The summed E-state index contributed by atoms with van der Waals surface area (Å²) in [6.07, 6.45) is 7.47. The van der Waals surface area contributed by atoms with E-state index in [1.54, 1.807) is 6.20 Å². The standard InChI is InChI=1S/C13H16N4/c14-12-13(7-3-1-4-8-13)17-11(16-12)10-6-2-5-9-15-10/h2,5-6,9H,1,3-4,7-8H2,(H2,14,16,17). The average Bonchev–Trinajstić information content (AvgIpc) is 2.69. The van der Waals surface area contributed by atoms with Gasteiger partial charge < -0.3 is 5.73 Å². The zero-order valence-electron chi connectivity index (χ0n) is 9.76. The van der Waals surface area contributed by atoms with Crippen molar-refractivity contribution in [3.63, 3.8) is 0 Å². The number of nitrogens with zero attached hydrogens (tertiary/aromatic N) is 3. The smallest absolute Gasteiger partial charge is 0.176 e. The van der Waals surface area contributed by atoms with Crippen molar-refractivity contribution in [2.24, 2.45) is 15.7 Å². The molecule has 0 atom stereocenters. The second-order valence-electron chi connectivity index (χ2n) is 4.74. The predicted molar refractivity (Wildman–Crippen MR) is 68.2 cm³/mol. The maximum atomic E-state index is 6.08. The van der Waals surface area contributed by atoms with E-state index in [4.69, 9.17) is 10.7 Å². The molecule has 0 saturated heterocycles. The van der Waals surface area contributed by atoms with Gasteiger partial charge in [-0.25, -0.2) is 9.98 Å². The maximum Gasteiger partial charge on any atom is 0.176 e. The van der Waals surface area contributed by atoms with Gasteiger partial charge in [0.1, 0.15) is 17.1 Å². The van der Waals surface area contributed by atoms with Crippen molar-refractivity contribution in [3.8, 4) is 0 Å². The van der Waals surface area contributed by atoms with E-state index in [1.807, 2.05) is 18.2 Å². The lowest BCUT2D eigenvalue weighted by molar-refractivity contribution is 0.386. The number of pyridine rings is 1. The van der Waals surface area contributed by atoms with Crippen molar-refractivity contribution in [3.05, 3.63) is 30.1 Å². The topological polar surface area (TPSA) is 63.6 Å². The molecule has 1 spiro atoms. The molecule has 0 aromatic carbocycles. The SMILES string of the molecule is NC1=NC(c2ccccn2)=NC12CCCCC2. The summed E-state index contributed by atoms with van der Waals surface area (Å²) in [6, 6.07) is 5.77. The van der Waals surface area contributed by atoms with E-state index in [0.29, 0.717) is 11.7 Å². The molecule has 1 saturated carbocycles. The molecule has 2 heterocycles. The first-order valence-corrected chi connectivity index (χ1v) is 6.16. The highest BCUT2D eigenvalue weighted by Gasteiger charge is 2.40. The Bertz CT molecular complexity index is 469. The first-order chi connectivity index (χ1) is 8.30.